The number of carboxylic acid groups (broad SMARTS) is 1. The summed E-state index contributed by atoms with van der Waals surface area (Å²) >= 11 is 0. The van der Waals surface area contributed by atoms with E-state index in [4.69, 9.17) is 9.84 Å². The van der Waals surface area contributed by atoms with E-state index in [1.54, 1.807) is 18.7 Å². The molecule has 4 rings (SSSR count). The number of benzene rings is 2. The molecule has 1 unspecified atom stereocenters. The SMILES string of the molecule is C[C@@H](c1ccc(C2CCN(C(=O)O)CC2)cc1)N1CCC(CC(C)(C)O)(c2ccccc2)OC1=O. The summed E-state index contributed by atoms with van der Waals surface area (Å²) in [5, 5.41) is 19.7. The molecule has 0 radical (unpaired) electrons. The van der Waals surface area contributed by atoms with Crippen LogP contribution in [-0.2, 0) is 10.3 Å². The van der Waals surface area contributed by atoms with Crippen molar-refractivity contribution in [2.45, 2.75) is 69.6 Å². The van der Waals surface area contributed by atoms with E-state index < -0.39 is 17.3 Å². The average Bonchev–Trinajstić information content (AvgIpc) is 2.83. The topological polar surface area (TPSA) is 90.3 Å². The van der Waals surface area contributed by atoms with Gasteiger partial charge >= 0.3 is 12.2 Å². The highest BCUT2D eigenvalue weighted by atomic mass is 16.6. The van der Waals surface area contributed by atoms with Gasteiger partial charge in [-0.25, -0.2) is 9.59 Å². The molecule has 2 saturated heterocycles. The number of piperidine rings is 1. The van der Waals surface area contributed by atoms with E-state index >= 15 is 0 Å². The fourth-order valence-corrected chi connectivity index (χ4v) is 5.52. The van der Waals surface area contributed by atoms with E-state index in [1.807, 2.05) is 37.3 Å². The van der Waals surface area contributed by atoms with Gasteiger partial charge in [0.1, 0.15) is 5.60 Å². The number of hydrogen-bond donors (Lipinski definition) is 2. The van der Waals surface area contributed by atoms with Crippen molar-refractivity contribution in [1.29, 1.82) is 0 Å². The van der Waals surface area contributed by atoms with Crippen LogP contribution in [0.2, 0.25) is 0 Å². The minimum absolute atomic E-state index is 0.152. The van der Waals surface area contributed by atoms with Crippen LogP contribution in [0.1, 0.15) is 75.1 Å². The zero-order valence-electron chi connectivity index (χ0n) is 20.8. The molecule has 2 aliphatic heterocycles. The van der Waals surface area contributed by atoms with Crippen LogP contribution >= 0.6 is 0 Å². The lowest BCUT2D eigenvalue weighted by atomic mass is 9.80. The van der Waals surface area contributed by atoms with Gasteiger partial charge in [0.25, 0.3) is 0 Å². The average molecular weight is 481 g/mol. The molecule has 0 bridgehead atoms. The van der Waals surface area contributed by atoms with Gasteiger partial charge in [-0.1, -0.05) is 54.6 Å². The third-order valence-corrected chi connectivity index (χ3v) is 7.42. The Balaban J connectivity index is 1.45. The number of cyclic esters (lactones) is 1. The van der Waals surface area contributed by atoms with Crippen molar-refractivity contribution in [1.82, 2.24) is 9.80 Å². The Kier molecular flexibility index (Phi) is 7.08. The van der Waals surface area contributed by atoms with E-state index in [1.165, 1.54) is 10.5 Å². The van der Waals surface area contributed by atoms with Crippen LogP contribution in [0.15, 0.2) is 54.6 Å². The highest BCUT2D eigenvalue weighted by molar-refractivity contribution is 5.70. The Bertz CT molecular complexity index is 1030. The maximum atomic E-state index is 13.3. The molecule has 0 aromatic heterocycles. The van der Waals surface area contributed by atoms with E-state index in [2.05, 4.69) is 24.3 Å². The van der Waals surface area contributed by atoms with Gasteiger partial charge in [0.2, 0.25) is 0 Å². The van der Waals surface area contributed by atoms with Crippen LogP contribution in [0.4, 0.5) is 9.59 Å². The summed E-state index contributed by atoms with van der Waals surface area (Å²) < 4.78 is 6.11. The molecule has 0 aliphatic carbocycles. The van der Waals surface area contributed by atoms with Crippen LogP contribution < -0.4 is 0 Å². The number of aliphatic hydroxyl groups is 1. The zero-order valence-corrected chi connectivity index (χ0v) is 20.8. The van der Waals surface area contributed by atoms with Crippen LogP contribution in [0.3, 0.4) is 0 Å². The van der Waals surface area contributed by atoms with Gasteiger partial charge in [0, 0.05) is 32.5 Å². The predicted octanol–water partition coefficient (Wildman–Crippen LogP) is 5.50. The molecular formula is C28H36N2O5. The van der Waals surface area contributed by atoms with Crippen molar-refractivity contribution >= 4 is 12.2 Å². The van der Waals surface area contributed by atoms with Crippen molar-refractivity contribution in [3.63, 3.8) is 0 Å². The number of carbonyl (C=O) groups excluding carboxylic acids is 1. The van der Waals surface area contributed by atoms with Crippen molar-refractivity contribution in [2.24, 2.45) is 0 Å². The highest BCUT2D eigenvalue weighted by Crippen LogP contribution is 2.42. The molecule has 0 saturated carbocycles. The minimum Gasteiger partial charge on any atom is -0.465 e. The van der Waals surface area contributed by atoms with Crippen LogP contribution in [0.5, 0.6) is 0 Å². The monoisotopic (exact) mass is 480 g/mol. The van der Waals surface area contributed by atoms with Crippen LogP contribution in [-0.4, -0.2) is 57.4 Å². The number of rotatable bonds is 6. The number of nitrogens with zero attached hydrogens (tertiary/aromatic N) is 2. The van der Waals surface area contributed by atoms with E-state index in [0.717, 1.165) is 24.0 Å². The second-order valence-corrected chi connectivity index (χ2v) is 10.5. The molecule has 188 valence electrons. The first-order valence-electron chi connectivity index (χ1n) is 12.4. The van der Waals surface area contributed by atoms with E-state index in [9.17, 15) is 14.7 Å². The van der Waals surface area contributed by atoms with Gasteiger partial charge in [-0.15, -0.1) is 0 Å². The van der Waals surface area contributed by atoms with Gasteiger partial charge in [-0.2, -0.15) is 0 Å². The number of hydrogen-bond acceptors (Lipinski definition) is 4. The van der Waals surface area contributed by atoms with Crippen LogP contribution in [0.25, 0.3) is 0 Å². The second kappa shape index (κ2) is 9.90. The number of carbonyl (C=O) groups is 2. The standard InChI is InChI=1S/C28H36N2O5/c1-20(21-9-11-22(12-10-21)23-13-16-29(17-14-23)25(31)32)30-18-15-28(35-26(30)33,19-27(2,3)34)24-7-5-4-6-8-24/h4-12,20,23,34H,13-19H2,1-3H3,(H,31,32)/t20-,28?/m0/s1. The summed E-state index contributed by atoms with van der Waals surface area (Å²) in [7, 11) is 0. The van der Waals surface area contributed by atoms with E-state index in [0.29, 0.717) is 38.4 Å². The fourth-order valence-electron chi connectivity index (χ4n) is 5.52. The molecule has 0 spiro atoms. The molecule has 2 heterocycles. The first-order chi connectivity index (χ1) is 16.6. The molecule has 2 atom stereocenters. The van der Waals surface area contributed by atoms with Gasteiger partial charge < -0.3 is 24.7 Å². The van der Waals surface area contributed by atoms with Gasteiger partial charge in [0.05, 0.1) is 11.6 Å². The number of ether oxygens (including phenoxy) is 1. The lowest BCUT2D eigenvalue weighted by Crippen LogP contribution is -2.51. The third kappa shape index (κ3) is 5.61. The van der Waals surface area contributed by atoms with E-state index in [-0.39, 0.29) is 12.1 Å². The van der Waals surface area contributed by atoms with Gasteiger partial charge in [-0.05, 0) is 56.2 Å². The molecule has 7 heteroatoms. The maximum absolute atomic E-state index is 13.3. The molecular weight excluding hydrogens is 444 g/mol. The summed E-state index contributed by atoms with van der Waals surface area (Å²) in [6, 6.07) is 17.9. The van der Waals surface area contributed by atoms with Gasteiger partial charge in [0.15, 0.2) is 0 Å². The number of likely N-dealkylation sites (tertiary alicyclic amines) is 1. The smallest absolute Gasteiger partial charge is 0.411 e. The first-order valence-corrected chi connectivity index (χ1v) is 12.4. The fraction of sp³-hybridized carbons (Fsp3) is 0.500. The van der Waals surface area contributed by atoms with Crippen molar-refractivity contribution in [3.05, 3.63) is 71.3 Å². The quantitative estimate of drug-likeness (QED) is 0.569. The summed E-state index contributed by atoms with van der Waals surface area (Å²) in [5.41, 5.74) is 1.30. The predicted molar refractivity (Wildman–Crippen MR) is 133 cm³/mol. The lowest BCUT2D eigenvalue weighted by molar-refractivity contribution is -0.101. The molecule has 2 aromatic rings. The highest BCUT2D eigenvalue weighted by Gasteiger charge is 2.46. The van der Waals surface area contributed by atoms with Gasteiger partial charge in [-0.3, -0.25) is 0 Å². The lowest BCUT2D eigenvalue weighted by Gasteiger charge is -2.45. The van der Waals surface area contributed by atoms with Crippen molar-refractivity contribution < 1.29 is 24.5 Å². The Morgan fingerprint density at radius 3 is 2.26 bits per heavy atom. The summed E-state index contributed by atoms with van der Waals surface area (Å²) in [6.07, 6.45) is 1.34. The molecule has 2 N–H and O–H groups in total. The molecule has 2 aromatic carbocycles. The molecule has 7 nitrogen and oxygen atoms in total. The summed E-state index contributed by atoms with van der Waals surface area (Å²) in [6.45, 7) is 7.14. The van der Waals surface area contributed by atoms with Crippen molar-refractivity contribution in [3.8, 4) is 0 Å². The maximum Gasteiger partial charge on any atom is 0.411 e. The molecule has 2 aliphatic rings. The summed E-state index contributed by atoms with van der Waals surface area (Å²) in [4.78, 5) is 27.6. The second-order valence-electron chi connectivity index (χ2n) is 10.5. The Hall–Kier alpha value is -3.06. The van der Waals surface area contributed by atoms with Crippen molar-refractivity contribution in [2.75, 3.05) is 19.6 Å². The first kappa shape index (κ1) is 25.0. The largest absolute Gasteiger partial charge is 0.465 e. The Morgan fingerprint density at radius 1 is 1.09 bits per heavy atom. The Morgan fingerprint density at radius 2 is 1.71 bits per heavy atom. The molecule has 2 amide bonds. The van der Waals surface area contributed by atoms with Crippen LogP contribution in [0, 0.1) is 0 Å². The number of amides is 2. The normalized spacial score (nSPS) is 22.6. The zero-order chi connectivity index (χ0) is 25.2. The summed E-state index contributed by atoms with van der Waals surface area (Å²) in [5.74, 6) is 0.350. The Labute approximate surface area is 207 Å². The molecule has 2 fully saturated rings. The minimum atomic E-state index is -0.986. The third-order valence-electron chi connectivity index (χ3n) is 7.42. The molecule has 35 heavy (non-hydrogen) atoms.